The average molecular weight is 215 g/mol. The number of hydrogen-bond acceptors (Lipinski definition) is 3. The van der Waals surface area contributed by atoms with Gasteiger partial charge in [0.25, 0.3) is 0 Å². The summed E-state index contributed by atoms with van der Waals surface area (Å²) in [5.74, 6) is 0.135. The first-order valence-electron chi connectivity index (χ1n) is 5.69. The largest absolute Gasteiger partial charge is 0.291 e. The third kappa shape index (κ3) is 1.94. The molecule has 1 aromatic rings. The molecule has 2 heterocycles. The molecule has 0 radical (unpaired) electrons. The van der Waals surface area contributed by atoms with Crippen molar-refractivity contribution in [2.75, 3.05) is 6.54 Å². The second kappa shape index (κ2) is 4.23. The fourth-order valence-electron chi connectivity index (χ4n) is 2.34. The predicted molar refractivity (Wildman–Crippen MR) is 62.4 cm³/mol. The van der Waals surface area contributed by atoms with Crippen molar-refractivity contribution in [2.45, 2.75) is 32.4 Å². The minimum Gasteiger partial charge on any atom is -0.291 e. The molecule has 0 spiro atoms. The number of hydrogen-bond donors (Lipinski definition) is 0. The van der Waals surface area contributed by atoms with Gasteiger partial charge in [0, 0.05) is 24.8 Å². The average Bonchev–Trinajstić information content (AvgIpc) is 2.56. The van der Waals surface area contributed by atoms with Crippen molar-refractivity contribution in [1.29, 1.82) is 5.26 Å². The van der Waals surface area contributed by atoms with Crippen molar-refractivity contribution in [3.63, 3.8) is 0 Å². The molecule has 0 bridgehead atoms. The van der Waals surface area contributed by atoms with E-state index in [-0.39, 0.29) is 11.5 Å². The van der Waals surface area contributed by atoms with Crippen molar-refractivity contribution < 1.29 is 0 Å². The summed E-state index contributed by atoms with van der Waals surface area (Å²) < 4.78 is 0. The van der Waals surface area contributed by atoms with Crippen molar-refractivity contribution in [1.82, 2.24) is 9.88 Å². The molecule has 0 aliphatic carbocycles. The maximum Gasteiger partial charge on any atom is 0.0675 e. The number of rotatable bonds is 2. The quantitative estimate of drug-likeness (QED) is 0.759. The van der Waals surface area contributed by atoms with Crippen molar-refractivity contribution in [3.05, 3.63) is 30.1 Å². The Morgan fingerprint density at radius 3 is 2.94 bits per heavy atom. The van der Waals surface area contributed by atoms with E-state index in [0.29, 0.717) is 0 Å². The Bertz CT molecular complexity index is 391. The van der Waals surface area contributed by atoms with Gasteiger partial charge in [-0.1, -0.05) is 6.07 Å². The van der Waals surface area contributed by atoms with Gasteiger partial charge in [-0.05, 0) is 32.4 Å². The van der Waals surface area contributed by atoms with E-state index in [1.54, 1.807) is 0 Å². The molecule has 0 aromatic carbocycles. The molecule has 0 saturated carbocycles. The molecule has 1 fully saturated rings. The summed E-state index contributed by atoms with van der Waals surface area (Å²) in [6.45, 7) is 6.13. The lowest BCUT2D eigenvalue weighted by atomic mass is 9.90. The van der Waals surface area contributed by atoms with Crippen LogP contribution in [0.3, 0.4) is 0 Å². The highest BCUT2D eigenvalue weighted by Gasteiger charge is 2.41. The van der Waals surface area contributed by atoms with Gasteiger partial charge in [-0.15, -0.1) is 0 Å². The number of pyridine rings is 1. The second-order valence-corrected chi connectivity index (χ2v) is 4.87. The molecule has 1 aromatic heterocycles. The van der Waals surface area contributed by atoms with Gasteiger partial charge in [-0.25, -0.2) is 0 Å². The lowest BCUT2D eigenvalue weighted by molar-refractivity contribution is 0.146. The molecule has 16 heavy (non-hydrogen) atoms. The molecule has 0 amide bonds. The summed E-state index contributed by atoms with van der Waals surface area (Å²) in [7, 11) is 0. The molecular weight excluding hydrogens is 198 g/mol. The van der Waals surface area contributed by atoms with Crippen LogP contribution in [0.25, 0.3) is 0 Å². The van der Waals surface area contributed by atoms with Gasteiger partial charge in [0.1, 0.15) is 0 Å². The maximum absolute atomic E-state index is 9.09. The molecule has 1 atom stereocenters. The highest BCUT2D eigenvalue weighted by Crippen LogP contribution is 2.34. The van der Waals surface area contributed by atoms with E-state index in [2.05, 4.69) is 29.8 Å². The first-order chi connectivity index (χ1) is 7.64. The van der Waals surface area contributed by atoms with E-state index in [0.717, 1.165) is 25.2 Å². The third-order valence-electron chi connectivity index (χ3n) is 3.59. The zero-order valence-corrected chi connectivity index (χ0v) is 9.85. The minimum atomic E-state index is -0.0354. The molecule has 0 N–H and O–H groups in total. The lowest BCUT2D eigenvalue weighted by Gasteiger charge is -2.33. The molecule has 3 nitrogen and oxygen atoms in total. The van der Waals surface area contributed by atoms with Crippen LogP contribution >= 0.6 is 0 Å². The number of nitrogens with zero attached hydrogens (tertiary/aromatic N) is 3. The van der Waals surface area contributed by atoms with Crippen LogP contribution in [0.2, 0.25) is 0 Å². The van der Waals surface area contributed by atoms with Gasteiger partial charge < -0.3 is 0 Å². The third-order valence-corrected chi connectivity index (χ3v) is 3.59. The molecule has 84 valence electrons. The van der Waals surface area contributed by atoms with Crippen LogP contribution in [-0.2, 0) is 6.54 Å². The SMILES string of the molecule is CC1(C)C(C#N)CCN1Cc1ccccn1. The molecule has 1 unspecified atom stereocenters. The van der Waals surface area contributed by atoms with Gasteiger partial charge in [-0.3, -0.25) is 9.88 Å². The molecular formula is C13H17N3. The standard InChI is InChI=1S/C13H17N3/c1-13(2)11(9-14)6-8-16(13)10-12-5-3-4-7-15-12/h3-5,7,11H,6,8,10H2,1-2H3. The Morgan fingerprint density at radius 2 is 2.38 bits per heavy atom. The van der Waals surface area contributed by atoms with E-state index < -0.39 is 0 Å². The van der Waals surface area contributed by atoms with Crippen molar-refractivity contribution in [2.24, 2.45) is 5.92 Å². The predicted octanol–water partition coefficient (Wildman–Crippen LogP) is 2.21. The molecule has 1 aliphatic rings. The summed E-state index contributed by atoms with van der Waals surface area (Å²) in [5, 5.41) is 9.09. The van der Waals surface area contributed by atoms with Crippen LogP contribution in [0.15, 0.2) is 24.4 Å². The number of nitriles is 1. The smallest absolute Gasteiger partial charge is 0.0675 e. The van der Waals surface area contributed by atoms with Crippen LogP contribution in [0.1, 0.15) is 26.0 Å². The summed E-state index contributed by atoms with van der Waals surface area (Å²) in [6.07, 6.45) is 2.79. The topological polar surface area (TPSA) is 39.9 Å². The van der Waals surface area contributed by atoms with E-state index in [9.17, 15) is 0 Å². The Morgan fingerprint density at radius 1 is 1.56 bits per heavy atom. The van der Waals surface area contributed by atoms with E-state index in [4.69, 9.17) is 5.26 Å². The highest BCUT2D eigenvalue weighted by molar-refractivity contribution is 5.09. The van der Waals surface area contributed by atoms with Gasteiger partial charge in [0.2, 0.25) is 0 Å². The molecule has 1 aliphatic heterocycles. The molecule has 3 heteroatoms. The minimum absolute atomic E-state index is 0.0354. The van der Waals surface area contributed by atoms with Crippen LogP contribution in [-0.4, -0.2) is 22.0 Å². The Kier molecular flexibility index (Phi) is 2.93. The van der Waals surface area contributed by atoms with Gasteiger partial charge in [0.15, 0.2) is 0 Å². The summed E-state index contributed by atoms with van der Waals surface area (Å²) >= 11 is 0. The first-order valence-corrected chi connectivity index (χ1v) is 5.69. The number of aromatic nitrogens is 1. The Balaban J connectivity index is 2.10. The van der Waals surface area contributed by atoms with Crippen molar-refractivity contribution >= 4 is 0 Å². The summed E-state index contributed by atoms with van der Waals surface area (Å²) in [4.78, 5) is 6.68. The monoisotopic (exact) mass is 215 g/mol. The normalized spacial score (nSPS) is 24.2. The van der Waals surface area contributed by atoms with E-state index in [1.165, 1.54) is 0 Å². The van der Waals surface area contributed by atoms with Gasteiger partial charge in [0.05, 0.1) is 17.7 Å². The zero-order chi connectivity index (χ0) is 11.6. The van der Waals surface area contributed by atoms with Crippen LogP contribution in [0.5, 0.6) is 0 Å². The number of likely N-dealkylation sites (tertiary alicyclic amines) is 1. The maximum atomic E-state index is 9.09. The Labute approximate surface area is 96.7 Å². The second-order valence-electron chi connectivity index (χ2n) is 4.87. The van der Waals surface area contributed by atoms with Crippen LogP contribution in [0.4, 0.5) is 0 Å². The van der Waals surface area contributed by atoms with E-state index >= 15 is 0 Å². The Hall–Kier alpha value is -1.40. The van der Waals surface area contributed by atoms with Gasteiger partial charge in [-0.2, -0.15) is 5.26 Å². The fraction of sp³-hybridized carbons (Fsp3) is 0.538. The highest BCUT2D eigenvalue weighted by atomic mass is 15.2. The van der Waals surface area contributed by atoms with Crippen LogP contribution in [0, 0.1) is 17.2 Å². The molecule has 1 saturated heterocycles. The van der Waals surface area contributed by atoms with Crippen LogP contribution < -0.4 is 0 Å². The van der Waals surface area contributed by atoms with Crippen molar-refractivity contribution in [3.8, 4) is 6.07 Å². The van der Waals surface area contributed by atoms with Gasteiger partial charge >= 0.3 is 0 Å². The first kappa shape index (κ1) is 11.1. The summed E-state index contributed by atoms with van der Waals surface area (Å²) in [6, 6.07) is 8.38. The molecule has 2 rings (SSSR count). The fourth-order valence-corrected chi connectivity index (χ4v) is 2.34. The summed E-state index contributed by atoms with van der Waals surface area (Å²) in [5.41, 5.74) is 1.04. The zero-order valence-electron chi connectivity index (χ0n) is 9.85. The lowest BCUT2D eigenvalue weighted by Crippen LogP contribution is -2.41. The van der Waals surface area contributed by atoms with E-state index in [1.807, 2.05) is 24.4 Å².